The minimum Gasteiger partial charge on any atom is -0.495 e. The predicted molar refractivity (Wildman–Crippen MR) is 106 cm³/mol. The van der Waals surface area contributed by atoms with Crippen LogP contribution in [0.3, 0.4) is 0 Å². The standard InChI is InChI=1S/C19H19FN4O4S/c1-11-8-9-16(13(20)10-11)29(26,27)24-18-17(12(2)22-23-18)19(25)21-14-6-4-5-7-15(14)28-3/h4-10H,1-3H3,(H,21,25)(H2,22,23,24). The summed E-state index contributed by atoms with van der Waals surface area (Å²) in [5.74, 6) is -1.31. The summed E-state index contributed by atoms with van der Waals surface area (Å²) < 4.78 is 46.8. The van der Waals surface area contributed by atoms with Gasteiger partial charge in [0.05, 0.1) is 12.8 Å². The van der Waals surface area contributed by atoms with Crippen molar-refractivity contribution in [3.05, 3.63) is 65.1 Å². The van der Waals surface area contributed by atoms with Gasteiger partial charge in [-0.05, 0) is 43.7 Å². The van der Waals surface area contributed by atoms with E-state index in [1.54, 1.807) is 38.1 Å². The van der Waals surface area contributed by atoms with E-state index in [4.69, 9.17) is 4.74 Å². The molecule has 8 nitrogen and oxygen atoms in total. The highest BCUT2D eigenvalue weighted by Gasteiger charge is 2.26. The summed E-state index contributed by atoms with van der Waals surface area (Å²) >= 11 is 0. The molecule has 0 aliphatic carbocycles. The summed E-state index contributed by atoms with van der Waals surface area (Å²) in [5, 5.41) is 9.07. The Morgan fingerprint density at radius 3 is 2.59 bits per heavy atom. The number of nitrogens with one attached hydrogen (secondary N) is 3. The second-order valence-electron chi connectivity index (χ2n) is 6.27. The fraction of sp³-hybridized carbons (Fsp3) is 0.158. The maximum atomic E-state index is 14.1. The van der Waals surface area contributed by atoms with Crippen molar-refractivity contribution in [1.82, 2.24) is 10.2 Å². The van der Waals surface area contributed by atoms with E-state index in [1.165, 1.54) is 13.2 Å². The van der Waals surface area contributed by atoms with E-state index in [0.29, 0.717) is 22.7 Å². The average molecular weight is 418 g/mol. The lowest BCUT2D eigenvalue weighted by Crippen LogP contribution is -2.19. The molecule has 0 saturated heterocycles. The second-order valence-corrected chi connectivity index (χ2v) is 7.92. The fourth-order valence-corrected chi connectivity index (χ4v) is 3.79. The fourth-order valence-electron chi connectivity index (χ4n) is 2.72. The smallest absolute Gasteiger partial charge is 0.266 e. The summed E-state index contributed by atoms with van der Waals surface area (Å²) in [7, 11) is -2.84. The number of hydrogen-bond acceptors (Lipinski definition) is 5. The topological polar surface area (TPSA) is 113 Å². The molecule has 0 bridgehead atoms. The molecule has 3 N–H and O–H groups in total. The van der Waals surface area contributed by atoms with Gasteiger partial charge in [0.1, 0.15) is 22.0 Å². The first-order chi connectivity index (χ1) is 13.7. The van der Waals surface area contributed by atoms with Crippen LogP contribution in [0.15, 0.2) is 47.4 Å². The maximum Gasteiger partial charge on any atom is 0.266 e. The number of amides is 1. The lowest BCUT2D eigenvalue weighted by molar-refractivity contribution is 0.102. The number of hydrogen-bond donors (Lipinski definition) is 3. The van der Waals surface area contributed by atoms with Crippen molar-refractivity contribution in [2.45, 2.75) is 18.7 Å². The van der Waals surface area contributed by atoms with E-state index < -0.39 is 26.6 Å². The van der Waals surface area contributed by atoms with Gasteiger partial charge < -0.3 is 10.1 Å². The number of nitrogens with zero attached hydrogens (tertiary/aromatic N) is 1. The molecule has 0 saturated carbocycles. The monoisotopic (exact) mass is 418 g/mol. The Kier molecular flexibility index (Phi) is 5.55. The van der Waals surface area contributed by atoms with E-state index in [2.05, 4.69) is 20.2 Å². The zero-order valence-electron chi connectivity index (χ0n) is 15.9. The minimum absolute atomic E-state index is 0.0213. The molecule has 1 amide bonds. The van der Waals surface area contributed by atoms with Crippen LogP contribution in [-0.4, -0.2) is 31.6 Å². The number of aromatic nitrogens is 2. The van der Waals surface area contributed by atoms with Gasteiger partial charge in [-0.2, -0.15) is 5.10 Å². The van der Waals surface area contributed by atoms with Gasteiger partial charge in [-0.25, -0.2) is 12.8 Å². The molecule has 3 aromatic rings. The number of benzene rings is 2. The van der Waals surface area contributed by atoms with Gasteiger partial charge >= 0.3 is 0 Å². The van der Waals surface area contributed by atoms with Crippen molar-refractivity contribution < 1.29 is 22.3 Å². The number of para-hydroxylation sites is 2. The largest absolute Gasteiger partial charge is 0.495 e. The highest BCUT2D eigenvalue weighted by molar-refractivity contribution is 7.92. The highest BCUT2D eigenvalue weighted by Crippen LogP contribution is 2.27. The molecule has 152 valence electrons. The van der Waals surface area contributed by atoms with Gasteiger partial charge in [0, 0.05) is 5.69 Å². The van der Waals surface area contributed by atoms with Crippen molar-refractivity contribution in [2.75, 3.05) is 17.1 Å². The first-order valence-corrected chi connectivity index (χ1v) is 9.99. The van der Waals surface area contributed by atoms with Crippen molar-refractivity contribution >= 4 is 27.4 Å². The Morgan fingerprint density at radius 2 is 1.90 bits per heavy atom. The quantitative estimate of drug-likeness (QED) is 0.569. The van der Waals surface area contributed by atoms with Gasteiger partial charge in [0.25, 0.3) is 15.9 Å². The molecule has 0 aliphatic rings. The van der Waals surface area contributed by atoms with E-state index in [9.17, 15) is 17.6 Å². The zero-order chi connectivity index (χ0) is 21.2. The molecule has 0 unspecified atom stereocenters. The number of ether oxygens (including phenoxy) is 1. The number of anilines is 2. The minimum atomic E-state index is -4.30. The summed E-state index contributed by atoms with van der Waals surface area (Å²) in [6, 6.07) is 10.5. The van der Waals surface area contributed by atoms with Crippen LogP contribution in [0.2, 0.25) is 0 Å². The molecular weight excluding hydrogens is 399 g/mol. The molecule has 0 aliphatic heterocycles. The van der Waals surface area contributed by atoms with Crippen LogP contribution in [0.1, 0.15) is 21.6 Å². The molecule has 10 heteroatoms. The van der Waals surface area contributed by atoms with Crippen LogP contribution >= 0.6 is 0 Å². The molecule has 1 aromatic heterocycles. The molecule has 0 fully saturated rings. The summed E-state index contributed by atoms with van der Waals surface area (Å²) in [4.78, 5) is 12.2. The molecule has 0 radical (unpaired) electrons. The molecule has 0 atom stereocenters. The first kappa shape index (κ1) is 20.3. The van der Waals surface area contributed by atoms with Crippen LogP contribution in [-0.2, 0) is 10.0 Å². The van der Waals surface area contributed by atoms with Crippen molar-refractivity contribution in [3.8, 4) is 5.75 Å². The second kappa shape index (κ2) is 7.92. The van der Waals surface area contributed by atoms with Gasteiger partial charge in [-0.15, -0.1) is 0 Å². The van der Waals surface area contributed by atoms with E-state index >= 15 is 0 Å². The number of sulfonamides is 1. The lowest BCUT2D eigenvalue weighted by Gasteiger charge is -2.11. The van der Waals surface area contributed by atoms with Crippen LogP contribution in [0.25, 0.3) is 0 Å². The normalized spacial score (nSPS) is 11.2. The zero-order valence-corrected chi connectivity index (χ0v) is 16.7. The molecule has 0 spiro atoms. The van der Waals surface area contributed by atoms with Crippen molar-refractivity contribution in [3.63, 3.8) is 0 Å². The SMILES string of the molecule is COc1ccccc1NC(=O)c1c(NS(=O)(=O)c2ccc(C)cc2F)n[nH]c1C. The lowest BCUT2D eigenvalue weighted by atomic mass is 10.2. The van der Waals surface area contributed by atoms with E-state index in [0.717, 1.165) is 12.1 Å². The molecule has 1 heterocycles. The van der Waals surface area contributed by atoms with Crippen LogP contribution < -0.4 is 14.8 Å². The number of carbonyl (C=O) groups is 1. The van der Waals surface area contributed by atoms with E-state index in [1.807, 2.05) is 0 Å². The number of aromatic amines is 1. The Morgan fingerprint density at radius 1 is 1.17 bits per heavy atom. The summed E-state index contributed by atoms with van der Waals surface area (Å²) in [6.45, 7) is 3.21. The number of carbonyl (C=O) groups excluding carboxylic acids is 1. The van der Waals surface area contributed by atoms with Crippen LogP contribution in [0, 0.1) is 19.7 Å². The number of H-pyrrole nitrogens is 1. The predicted octanol–water partition coefficient (Wildman–Crippen LogP) is 3.23. The maximum absolute atomic E-state index is 14.1. The van der Waals surface area contributed by atoms with E-state index in [-0.39, 0.29) is 11.4 Å². The average Bonchev–Trinajstić information content (AvgIpc) is 3.01. The van der Waals surface area contributed by atoms with Crippen molar-refractivity contribution in [2.24, 2.45) is 0 Å². The Balaban J connectivity index is 1.92. The van der Waals surface area contributed by atoms with Gasteiger partial charge in [-0.1, -0.05) is 18.2 Å². The molecule has 2 aromatic carbocycles. The number of rotatable bonds is 6. The summed E-state index contributed by atoms with van der Waals surface area (Å²) in [6.07, 6.45) is 0. The molecular formula is C19H19FN4O4S. The molecule has 29 heavy (non-hydrogen) atoms. The third-order valence-electron chi connectivity index (χ3n) is 4.14. The van der Waals surface area contributed by atoms with Crippen LogP contribution in [0.5, 0.6) is 5.75 Å². The van der Waals surface area contributed by atoms with Crippen molar-refractivity contribution in [1.29, 1.82) is 0 Å². The first-order valence-electron chi connectivity index (χ1n) is 8.51. The third kappa shape index (κ3) is 4.21. The molecule has 3 rings (SSSR count). The Hall–Kier alpha value is -3.40. The Labute approximate surface area is 167 Å². The number of halogens is 1. The number of aryl methyl sites for hydroxylation is 2. The van der Waals surface area contributed by atoms with Gasteiger partial charge in [0.15, 0.2) is 5.82 Å². The van der Waals surface area contributed by atoms with Gasteiger partial charge in [-0.3, -0.25) is 14.6 Å². The van der Waals surface area contributed by atoms with Crippen LogP contribution in [0.4, 0.5) is 15.9 Å². The van der Waals surface area contributed by atoms with Gasteiger partial charge in [0.2, 0.25) is 0 Å². The number of methoxy groups -OCH3 is 1. The third-order valence-corrected chi connectivity index (χ3v) is 5.51. The highest BCUT2D eigenvalue weighted by atomic mass is 32.2. The Bertz CT molecular complexity index is 1170. The summed E-state index contributed by atoms with van der Waals surface area (Å²) in [5.41, 5.74) is 1.29.